The highest BCUT2D eigenvalue weighted by Gasteiger charge is 2.42. The Morgan fingerprint density at radius 2 is 2.07 bits per heavy atom. The van der Waals surface area contributed by atoms with Gasteiger partial charge >= 0.3 is 0 Å². The lowest BCUT2D eigenvalue weighted by atomic mass is 10.0. The second-order valence-electron chi connectivity index (χ2n) is 6.46. The summed E-state index contributed by atoms with van der Waals surface area (Å²) in [6, 6.07) is 6.57. The van der Waals surface area contributed by atoms with E-state index < -0.39 is 30.8 Å². The summed E-state index contributed by atoms with van der Waals surface area (Å²) in [4.78, 5) is 14.5. The average Bonchev–Trinajstić information content (AvgIpc) is 2.96. The molecule has 10 heteroatoms. The lowest BCUT2D eigenvalue weighted by Crippen LogP contribution is -2.47. The molecule has 1 aromatic rings. The zero-order valence-electron chi connectivity index (χ0n) is 14.6. The lowest BCUT2D eigenvalue weighted by molar-refractivity contribution is -0.123. The fraction of sp³-hybridized carbons (Fsp3) is 0.588. The molecule has 0 bridgehead atoms. The van der Waals surface area contributed by atoms with Crippen molar-refractivity contribution in [1.29, 1.82) is 0 Å². The normalized spacial score (nSPS) is 23.0. The molecule has 0 radical (unpaired) electrons. The first-order valence-corrected chi connectivity index (χ1v) is 8.79. The molecule has 0 aromatic heterocycles. The van der Waals surface area contributed by atoms with Crippen molar-refractivity contribution in [3.63, 3.8) is 0 Å². The molecule has 2 N–H and O–H groups in total. The number of nitrogens with one attached hydrogen (secondary N) is 2. The molecule has 2 unspecified atom stereocenters. The predicted octanol–water partition coefficient (Wildman–Crippen LogP) is 2.67. The maximum absolute atomic E-state index is 13.3. The van der Waals surface area contributed by atoms with Gasteiger partial charge in [-0.2, -0.15) is 0 Å². The molecule has 3 rings (SSSR count). The van der Waals surface area contributed by atoms with Crippen LogP contribution in [0.5, 0.6) is 0 Å². The van der Waals surface area contributed by atoms with Crippen molar-refractivity contribution < 1.29 is 18.3 Å². The number of hydrogen-bond donors (Lipinski definition) is 2. The van der Waals surface area contributed by atoms with Crippen LogP contribution in [-0.4, -0.2) is 62.2 Å². The van der Waals surface area contributed by atoms with Gasteiger partial charge in [-0.1, -0.05) is 23.7 Å². The quantitative estimate of drug-likeness (QED) is 0.730. The van der Waals surface area contributed by atoms with Gasteiger partial charge in [0.1, 0.15) is 0 Å². The summed E-state index contributed by atoms with van der Waals surface area (Å²) in [7, 11) is 0. The molecule has 2 fully saturated rings. The molecule has 0 saturated carbocycles. The van der Waals surface area contributed by atoms with Crippen molar-refractivity contribution in [1.82, 2.24) is 15.5 Å². The Hall–Kier alpha value is -0.700. The van der Waals surface area contributed by atoms with Crippen molar-refractivity contribution in [3.05, 3.63) is 34.9 Å². The second kappa shape index (κ2) is 10.7. The van der Waals surface area contributed by atoms with Crippen LogP contribution in [0.1, 0.15) is 18.0 Å². The number of nitrogens with zero attached hydrogens (tertiary/aromatic N) is 1. The fourth-order valence-corrected chi connectivity index (χ4v) is 3.48. The van der Waals surface area contributed by atoms with Crippen LogP contribution in [0.4, 0.5) is 8.78 Å². The highest BCUT2D eigenvalue weighted by atomic mass is 35.5. The summed E-state index contributed by atoms with van der Waals surface area (Å²) in [5.41, 5.74) is 0.986. The van der Waals surface area contributed by atoms with Crippen LogP contribution < -0.4 is 10.6 Å². The number of rotatable bonds is 5. The molecule has 2 heterocycles. The third kappa shape index (κ3) is 6.69. The number of carbonyl (C=O) groups is 1. The molecule has 27 heavy (non-hydrogen) atoms. The Labute approximate surface area is 175 Å². The van der Waals surface area contributed by atoms with Gasteiger partial charge < -0.3 is 10.1 Å². The van der Waals surface area contributed by atoms with E-state index in [4.69, 9.17) is 16.3 Å². The lowest BCUT2D eigenvalue weighted by Gasteiger charge is -2.35. The number of benzene rings is 1. The van der Waals surface area contributed by atoms with Crippen LogP contribution in [0.3, 0.4) is 0 Å². The van der Waals surface area contributed by atoms with E-state index in [0.29, 0.717) is 24.8 Å². The highest BCUT2D eigenvalue weighted by Crippen LogP contribution is 2.26. The second-order valence-corrected chi connectivity index (χ2v) is 6.89. The van der Waals surface area contributed by atoms with E-state index >= 15 is 0 Å². The van der Waals surface area contributed by atoms with E-state index in [0.717, 1.165) is 18.7 Å². The molecular weight excluding hydrogens is 423 g/mol. The summed E-state index contributed by atoms with van der Waals surface area (Å²) in [6.45, 7) is 2.62. The van der Waals surface area contributed by atoms with Gasteiger partial charge in [0.25, 0.3) is 5.92 Å². The molecule has 1 amide bonds. The van der Waals surface area contributed by atoms with E-state index in [1.807, 2.05) is 18.2 Å². The van der Waals surface area contributed by atoms with Gasteiger partial charge in [-0.25, -0.2) is 8.78 Å². The van der Waals surface area contributed by atoms with Crippen molar-refractivity contribution in [2.24, 2.45) is 0 Å². The summed E-state index contributed by atoms with van der Waals surface area (Å²) < 4.78 is 31.9. The van der Waals surface area contributed by atoms with Crippen molar-refractivity contribution in [3.8, 4) is 0 Å². The summed E-state index contributed by atoms with van der Waals surface area (Å²) >= 11 is 6.10. The van der Waals surface area contributed by atoms with Crippen LogP contribution in [-0.2, 0) is 9.53 Å². The van der Waals surface area contributed by atoms with E-state index in [1.54, 1.807) is 6.07 Å². The number of ether oxygens (including phenoxy) is 1. The largest absolute Gasteiger partial charge is 0.379 e. The van der Waals surface area contributed by atoms with Gasteiger partial charge in [0.15, 0.2) is 0 Å². The third-order valence-electron chi connectivity index (χ3n) is 4.62. The van der Waals surface area contributed by atoms with Crippen LogP contribution in [0.25, 0.3) is 0 Å². The Morgan fingerprint density at radius 3 is 2.67 bits per heavy atom. The standard InChI is InChI=1S/C17H22ClF2N3O2.2ClH/c18-13-3-1-2-12(8-13)15(23-4-6-25-7-5-23)10-21-16(24)14-9-17(19,20)11-22-14;;/h1-3,8,14-15,22H,4-7,9-11H2,(H,21,24);2*1H. The number of morpholine rings is 1. The van der Waals surface area contributed by atoms with Gasteiger partial charge in [0, 0.05) is 31.1 Å². The highest BCUT2D eigenvalue weighted by molar-refractivity contribution is 6.30. The molecule has 2 aliphatic heterocycles. The molecule has 0 aliphatic carbocycles. The van der Waals surface area contributed by atoms with E-state index in [9.17, 15) is 13.6 Å². The minimum atomic E-state index is -2.82. The molecule has 1 aromatic carbocycles. The van der Waals surface area contributed by atoms with Crippen molar-refractivity contribution >= 4 is 42.3 Å². The van der Waals surface area contributed by atoms with Gasteiger partial charge in [0.2, 0.25) is 5.91 Å². The van der Waals surface area contributed by atoms with Crippen molar-refractivity contribution in [2.45, 2.75) is 24.4 Å². The van der Waals surface area contributed by atoms with Crippen LogP contribution in [0, 0.1) is 0 Å². The van der Waals surface area contributed by atoms with Crippen LogP contribution >= 0.6 is 36.4 Å². The molecule has 0 spiro atoms. The minimum Gasteiger partial charge on any atom is -0.379 e. The van der Waals surface area contributed by atoms with Crippen LogP contribution in [0.2, 0.25) is 5.02 Å². The number of hydrogen-bond acceptors (Lipinski definition) is 4. The monoisotopic (exact) mass is 445 g/mol. The van der Waals surface area contributed by atoms with Gasteiger partial charge in [-0.15, -0.1) is 24.8 Å². The first kappa shape index (κ1) is 24.3. The molecule has 2 atom stereocenters. The molecule has 5 nitrogen and oxygen atoms in total. The molecule has 154 valence electrons. The first-order chi connectivity index (χ1) is 11.9. The summed E-state index contributed by atoms with van der Waals surface area (Å²) in [5, 5.41) is 6.02. The summed E-state index contributed by atoms with van der Waals surface area (Å²) in [6.07, 6.45) is -0.460. The van der Waals surface area contributed by atoms with Crippen LogP contribution in [0.15, 0.2) is 24.3 Å². The zero-order chi connectivity index (χ0) is 17.9. The van der Waals surface area contributed by atoms with Gasteiger partial charge in [-0.05, 0) is 17.7 Å². The number of halogens is 5. The predicted molar refractivity (Wildman–Crippen MR) is 105 cm³/mol. The fourth-order valence-electron chi connectivity index (χ4n) is 3.28. The van der Waals surface area contributed by atoms with E-state index in [-0.39, 0.29) is 30.9 Å². The zero-order valence-corrected chi connectivity index (χ0v) is 17.0. The Bertz CT molecular complexity index is 619. The topological polar surface area (TPSA) is 53.6 Å². The van der Waals surface area contributed by atoms with E-state index in [1.165, 1.54) is 0 Å². The SMILES string of the molecule is Cl.Cl.O=C(NCC(c1cccc(Cl)c1)N1CCOCC1)C1CC(F)(F)CN1. The maximum Gasteiger partial charge on any atom is 0.262 e. The maximum atomic E-state index is 13.3. The van der Waals surface area contributed by atoms with Gasteiger partial charge in [0.05, 0.1) is 31.8 Å². The first-order valence-electron chi connectivity index (χ1n) is 8.41. The molecular formula is C17H24Cl3F2N3O2. The van der Waals surface area contributed by atoms with E-state index in [2.05, 4.69) is 15.5 Å². The smallest absolute Gasteiger partial charge is 0.262 e. The summed E-state index contributed by atoms with van der Waals surface area (Å²) in [5.74, 6) is -3.21. The number of amides is 1. The Morgan fingerprint density at radius 1 is 1.37 bits per heavy atom. The number of carbonyl (C=O) groups excluding carboxylic acids is 1. The van der Waals surface area contributed by atoms with Crippen molar-refractivity contribution in [2.75, 3.05) is 39.4 Å². The third-order valence-corrected chi connectivity index (χ3v) is 4.85. The van der Waals surface area contributed by atoms with Gasteiger partial charge in [-0.3, -0.25) is 15.0 Å². The molecule has 2 saturated heterocycles. The molecule has 2 aliphatic rings. The number of alkyl halides is 2. The Kier molecular flexibility index (Phi) is 9.68. The minimum absolute atomic E-state index is 0. The Balaban J connectivity index is 0.00000182. The average molecular weight is 447 g/mol.